The molecule has 1 unspecified atom stereocenters. The van der Waals surface area contributed by atoms with E-state index in [1.165, 1.54) is 22.9 Å². The highest BCUT2D eigenvalue weighted by atomic mass is 32.2. The summed E-state index contributed by atoms with van der Waals surface area (Å²) in [4.78, 5) is 22.2. The van der Waals surface area contributed by atoms with E-state index in [1.54, 1.807) is 0 Å². The van der Waals surface area contributed by atoms with Gasteiger partial charge < -0.3 is 9.64 Å². The molecule has 0 bridgehead atoms. The van der Waals surface area contributed by atoms with Gasteiger partial charge >= 0.3 is 0 Å². The molecule has 5 nitrogen and oxygen atoms in total. The Morgan fingerprint density at radius 3 is 2.73 bits per heavy atom. The molecule has 154 valence electrons. The third kappa shape index (κ3) is 4.16. The lowest BCUT2D eigenvalue weighted by molar-refractivity contribution is -0.113. The highest BCUT2D eigenvalue weighted by Gasteiger charge is 2.28. The first-order chi connectivity index (χ1) is 14.6. The maximum Gasteiger partial charge on any atom is 0.286 e. The normalized spacial score (nSPS) is 22.9. The van der Waals surface area contributed by atoms with Crippen molar-refractivity contribution in [1.29, 1.82) is 0 Å². The van der Waals surface area contributed by atoms with Gasteiger partial charge in [-0.1, -0.05) is 36.4 Å². The molecule has 2 aromatic carbocycles. The van der Waals surface area contributed by atoms with Crippen LogP contribution in [0, 0.1) is 0 Å². The Hall–Kier alpha value is -2.57. The molecule has 0 N–H and O–H groups in total. The summed E-state index contributed by atoms with van der Waals surface area (Å²) in [6.07, 6.45) is 3.10. The molecule has 6 heteroatoms. The Balaban J connectivity index is 1.20. The average Bonchev–Trinajstić information content (AvgIpc) is 3.30. The molecule has 3 aliphatic heterocycles. The number of amides is 1. The van der Waals surface area contributed by atoms with Crippen molar-refractivity contribution < 1.29 is 9.53 Å². The number of hydrogen-bond donors (Lipinski definition) is 0. The minimum atomic E-state index is -0.133. The van der Waals surface area contributed by atoms with Crippen molar-refractivity contribution in [2.75, 3.05) is 26.2 Å². The molecule has 1 saturated heterocycles. The first kappa shape index (κ1) is 19.4. The van der Waals surface area contributed by atoms with Crippen molar-refractivity contribution in [3.8, 4) is 5.75 Å². The molecule has 30 heavy (non-hydrogen) atoms. The largest absolute Gasteiger partial charge is 0.490 e. The summed E-state index contributed by atoms with van der Waals surface area (Å²) in [5, 5.41) is 0.837. The predicted molar refractivity (Wildman–Crippen MR) is 122 cm³/mol. The van der Waals surface area contributed by atoms with Crippen LogP contribution < -0.4 is 4.74 Å². The summed E-state index contributed by atoms with van der Waals surface area (Å²) in [6.45, 7) is 6.79. The molecule has 0 spiro atoms. The molecular weight excluding hydrogens is 394 g/mol. The zero-order chi connectivity index (χ0) is 20.5. The average molecular weight is 420 g/mol. The van der Waals surface area contributed by atoms with Gasteiger partial charge in [0.15, 0.2) is 5.17 Å². The second kappa shape index (κ2) is 8.28. The van der Waals surface area contributed by atoms with E-state index in [1.807, 2.05) is 18.2 Å². The molecule has 1 atom stereocenters. The number of benzene rings is 2. The molecule has 1 amide bonds. The fourth-order valence-corrected chi connectivity index (χ4v) is 5.12. The zero-order valence-corrected chi connectivity index (χ0v) is 17.9. The third-order valence-corrected chi connectivity index (χ3v) is 6.76. The lowest BCUT2D eigenvalue weighted by Gasteiger charge is -2.35. The van der Waals surface area contributed by atoms with Crippen LogP contribution >= 0.6 is 11.8 Å². The summed E-state index contributed by atoms with van der Waals surface area (Å²) in [5.41, 5.74) is 3.59. The number of fused-ring (bicyclic) bond motifs is 1. The number of ether oxygens (including phenoxy) is 1. The van der Waals surface area contributed by atoms with Gasteiger partial charge in [0.1, 0.15) is 11.9 Å². The Bertz CT molecular complexity index is 1010. The molecule has 3 aliphatic rings. The number of thioether (sulfide) groups is 1. The molecular formula is C24H25N3O2S. The minimum Gasteiger partial charge on any atom is -0.490 e. The SMILES string of the molecule is CC1Cc2cc(C=C3SC(N4CCN(Cc5ccccc5)CC4)=NC3=O)ccc2O1. The van der Waals surface area contributed by atoms with Crippen LogP contribution in [0.5, 0.6) is 5.75 Å². The van der Waals surface area contributed by atoms with E-state index in [0.717, 1.165) is 55.6 Å². The Kier molecular flexibility index (Phi) is 5.35. The fourth-order valence-electron chi connectivity index (χ4n) is 4.16. The van der Waals surface area contributed by atoms with Gasteiger partial charge in [-0.25, -0.2) is 0 Å². The van der Waals surface area contributed by atoms with Gasteiger partial charge in [-0.2, -0.15) is 4.99 Å². The van der Waals surface area contributed by atoms with E-state index in [2.05, 4.69) is 58.1 Å². The second-order valence-corrected chi connectivity index (χ2v) is 9.07. The van der Waals surface area contributed by atoms with Crippen LogP contribution in [-0.4, -0.2) is 53.2 Å². The van der Waals surface area contributed by atoms with Gasteiger partial charge in [0.2, 0.25) is 0 Å². The number of nitrogens with zero attached hydrogens (tertiary/aromatic N) is 3. The first-order valence-corrected chi connectivity index (χ1v) is 11.3. The third-order valence-electron chi connectivity index (χ3n) is 5.72. The minimum absolute atomic E-state index is 0.133. The molecule has 3 heterocycles. The monoisotopic (exact) mass is 419 g/mol. The van der Waals surface area contributed by atoms with E-state index in [0.29, 0.717) is 4.91 Å². The summed E-state index contributed by atoms with van der Waals surface area (Å²) < 4.78 is 5.77. The fraction of sp³-hybridized carbons (Fsp3) is 0.333. The smallest absolute Gasteiger partial charge is 0.286 e. The Morgan fingerprint density at radius 1 is 1.13 bits per heavy atom. The van der Waals surface area contributed by atoms with Crippen LogP contribution in [-0.2, 0) is 17.8 Å². The molecule has 0 radical (unpaired) electrons. The van der Waals surface area contributed by atoms with Crippen LogP contribution in [0.2, 0.25) is 0 Å². The standard InChI is InChI=1S/C24H25N3O2S/c1-17-13-20-14-19(7-8-21(20)29-17)15-22-23(28)25-24(30-22)27-11-9-26(10-12-27)16-18-5-3-2-4-6-18/h2-8,14-15,17H,9-13,16H2,1H3. The molecule has 5 rings (SSSR count). The Morgan fingerprint density at radius 2 is 1.93 bits per heavy atom. The van der Waals surface area contributed by atoms with Crippen molar-refractivity contribution in [2.24, 2.45) is 4.99 Å². The first-order valence-electron chi connectivity index (χ1n) is 10.5. The van der Waals surface area contributed by atoms with Crippen molar-refractivity contribution in [3.05, 3.63) is 70.1 Å². The van der Waals surface area contributed by atoms with E-state index in [-0.39, 0.29) is 12.0 Å². The van der Waals surface area contributed by atoms with Gasteiger partial charge in [0.25, 0.3) is 5.91 Å². The van der Waals surface area contributed by atoms with E-state index >= 15 is 0 Å². The summed E-state index contributed by atoms with van der Waals surface area (Å²) in [7, 11) is 0. The lowest BCUT2D eigenvalue weighted by atomic mass is 10.1. The lowest BCUT2D eigenvalue weighted by Crippen LogP contribution is -2.47. The van der Waals surface area contributed by atoms with Gasteiger partial charge in [-0.3, -0.25) is 9.69 Å². The molecule has 0 aliphatic carbocycles. The number of carbonyl (C=O) groups is 1. The van der Waals surface area contributed by atoms with E-state index in [9.17, 15) is 4.79 Å². The quantitative estimate of drug-likeness (QED) is 0.708. The number of rotatable bonds is 3. The van der Waals surface area contributed by atoms with Crippen LogP contribution in [0.25, 0.3) is 6.08 Å². The van der Waals surface area contributed by atoms with Crippen molar-refractivity contribution in [3.63, 3.8) is 0 Å². The van der Waals surface area contributed by atoms with Gasteiger partial charge in [-0.15, -0.1) is 0 Å². The molecule has 2 aromatic rings. The van der Waals surface area contributed by atoms with E-state index < -0.39 is 0 Å². The van der Waals surface area contributed by atoms with Gasteiger partial charge in [0, 0.05) is 39.1 Å². The highest BCUT2D eigenvalue weighted by molar-refractivity contribution is 8.18. The maximum atomic E-state index is 12.5. The highest BCUT2D eigenvalue weighted by Crippen LogP contribution is 2.33. The summed E-state index contributed by atoms with van der Waals surface area (Å²) in [5.74, 6) is 0.826. The predicted octanol–water partition coefficient (Wildman–Crippen LogP) is 3.80. The topological polar surface area (TPSA) is 45.1 Å². The zero-order valence-electron chi connectivity index (χ0n) is 17.1. The molecule has 0 aromatic heterocycles. The molecule has 0 saturated carbocycles. The Labute approximate surface area is 181 Å². The number of aliphatic imine (C=N–C) groups is 1. The van der Waals surface area contributed by atoms with E-state index in [4.69, 9.17) is 4.74 Å². The number of hydrogen-bond acceptors (Lipinski definition) is 5. The maximum absolute atomic E-state index is 12.5. The molecule has 1 fully saturated rings. The van der Waals surface area contributed by atoms with Crippen molar-refractivity contribution in [2.45, 2.75) is 26.0 Å². The van der Waals surface area contributed by atoms with Crippen molar-refractivity contribution >= 4 is 28.9 Å². The van der Waals surface area contributed by atoms with Gasteiger partial charge in [0.05, 0.1) is 4.91 Å². The van der Waals surface area contributed by atoms with Gasteiger partial charge in [-0.05, 0) is 53.6 Å². The summed E-state index contributed by atoms with van der Waals surface area (Å²) >= 11 is 1.50. The van der Waals surface area contributed by atoms with Crippen LogP contribution in [0.4, 0.5) is 0 Å². The van der Waals surface area contributed by atoms with Crippen LogP contribution in [0.3, 0.4) is 0 Å². The number of amidine groups is 1. The van der Waals surface area contributed by atoms with Crippen LogP contribution in [0.15, 0.2) is 58.4 Å². The number of piperazine rings is 1. The van der Waals surface area contributed by atoms with Crippen LogP contribution in [0.1, 0.15) is 23.6 Å². The second-order valence-electron chi connectivity index (χ2n) is 8.06. The summed E-state index contributed by atoms with van der Waals surface area (Å²) in [6, 6.07) is 16.7. The number of carbonyl (C=O) groups excluding carboxylic acids is 1. The van der Waals surface area contributed by atoms with Crippen molar-refractivity contribution in [1.82, 2.24) is 9.80 Å².